The molecule has 6 heteroatoms. The minimum atomic E-state index is -0.493. The maximum atomic E-state index is 12.6. The van der Waals surface area contributed by atoms with Gasteiger partial charge in [0.25, 0.3) is 5.91 Å². The van der Waals surface area contributed by atoms with Gasteiger partial charge >= 0.3 is 0 Å². The Morgan fingerprint density at radius 2 is 2.00 bits per heavy atom. The van der Waals surface area contributed by atoms with Crippen molar-refractivity contribution in [2.24, 2.45) is 0 Å². The fraction of sp³-hybridized carbons (Fsp3) is 0. The molecule has 2 aromatic rings. The Balaban J connectivity index is 2.11. The number of carbonyl (C=O) groups excluding carboxylic acids is 1. The summed E-state index contributed by atoms with van der Waals surface area (Å²) < 4.78 is 12.6. The highest BCUT2D eigenvalue weighted by Gasteiger charge is 2.07. The maximum Gasteiger partial charge on any atom is 0.275 e. The molecule has 0 radical (unpaired) electrons. The third-order valence-electron chi connectivity index (χ3n) is 1.99. The normalized spacial score (nSPS) is 9.94. The molecule has 0 fully saturated rings. The third-order valence-corrected chi connectivity index (χ3v) is 1.99. The average molecular weight is 232 g/mol. The molecule has 0 unspecified atom stereocenters. The van der Waals surface area contributed by atoms with Crippen LogP contribution in [0, 0.1) is 5.82 Å². The summed E-state index contributed by atoms with van der Waals surface area (Å²) in [5, 5.41) is 2.51. The standard InChI is InChI=1S/C11H9FN4O/c12-7-1-3-9(14-5-7)11(17)16-10-4-2-8(13)6-15-10/h1-6H,13H2,(H,15,16,17). The van der Waals surface area contributed by atoms with Crippen molar-refractivity contribution >= 4 is 17.4 Å². The number of pyridine rings is 2. The van der Waals surface area contributed by atoms with E-state index in [1.807, 2.05) is 0 Å². The molecule has 2 aromatic heterocycles. The first kappa shape index (κ1) is 11.0. The minimum Gasteiger partial charge on any atom is -0.397 e. The van der Waals surface area contributed by atoms with E-state index >= 15 is 0 Å². The highest BCUT2D eigenvalue weighted by atomic mass is 19.1. The van der Waals surface area contributed by atoms with Crippen LogP contribution in [0.4, 0.5) is 15.9 Å². The van der Waals surface area contributed by atoms with Crippen LogP contribution in [0.1, 0.15) is 10.5 Å². The zero-order chi connectivity index (χ0) is 12.3. The Bertz CT molecular complexity index is 524. The van der Waals surface area contributed by atoms with Gasteiger partial charge in [-0.15, -0.1) is 0 Å². The first-order chi connectivity index (χ1) is 8.15. The van der Waals surface area contributed by atoms with Gasteiger partial charge in [-0.25, -0.2) is 14.4 Å². The zero-order valence-electron chi connectivity index (χ0n) is 8.72. The van der Waals surface area contributed by atoms with Crippen molar-refractivity contribution in [3.8, 4) is 0 Å². The van der Waals surface area contributed by atoms with Crippen LogP contribution < -0.4 is 11.1 Å². The fourth-order valence-corrected chi connectivity index (χ4v) is 1.17. The van der Waals surface area contributed by atoms with Gasteiger partial charge in [-0.05, 0) is 24.3 Å². The molecular formula is C11H9FN4O. The Kier molecular flexibility index (Phi) is 2.95. The van der Waals surface area contributed by atoms with Gasteiger partial charge < -0.3 is 11.1 Å². The molecule has 0 aliphatic rings. The van der Waals surface area contributed by atoms with Gasteiger partial charge in [0.1, 0.15) is 17.3 Å². The van der Waals surface area contributed by atoms with Gasteiger partial charge in [-0.3, -0.25) is 4.79 Å². The number of rotatable bonds is 2. The molecule has 2 rings (SSSR count). The molecule has 3 N–H and O–H groups in total. The zero-order valence-corrected chi connectivity index (χ0v) is 8.72. The summed E-state index contributed by atoms with van der Waals surface area (Å²) >= 11 is 0. The van der Waals surface area contributed by atoms with E-state index in [9.17, 15) is 9.18 Å². The van der Waals surface area contributed by atoms with E-state index in [1.54, 1.807) is 12.1 Å². The van der Waals surface area contributed by atoms with Crippen molar-refractivity contribution in [3.05, 3.63) is 48.2 Å². The number of nitrogen functional groups attached to an aromatic ring is 1. The number of carbonyl (C=O) groups is 1. The van der Waals surface area contributed by atoms with E-state index < -0.39 is 11.7 Å². The monoisotopic (exact) mass is 232 g/mol. The number of nitrogens with two attached hydrogens (primary N) is 1. The van der Waals surface area contributed by atoms with Crippen LogP contribution in [0.15, 0.2) is 36.7 Å². The van der Waals surface area contributed by atoms with Gasteiger partial charge in [0, 0.05) is 0 Å². The summed E-state index contributed by atoms with van der Waals surface area (Å²) in [7, 11) is 0. The molecule has 0 aliphatic carbocycles. The highest BCUT2D eigenvalue weighted by molar-refractivity contribution is 6.02. The van der Waals surface area contributed by atoms with Crippen LogP contribution in [-0.2, 0) is 0 Å². The lowest BCUT2D eigenvalue weighted by atomic mass is 10.3. The lowest BCUT2D eigenvalue weighted by Crippen LogP contribution is -2.14. The Hall–Kier alpha value is -2.50. The van der Waals surface area contributed by atoms with Gasteiger partial charge in [0.2, 0.25) is 0 Å². The van der Waals surface area contributed by atoms with Crippen LogP contribution in [0.25, 0.3) is 0 Å². The van der Waals surface area contributed by atoms with Gasteiger partial charge in [-0.2, -0.15) is 0 Å². The molecule has 2 heterocycles. The molecule has 86 valence electrons. The molecular weight excluding hydrogens is 223 g/mol. The molecule has 0 bridgehead atoms. The largest absolute Gasteiger partial charge is 0.397 e. The van der Waals surface area contributed by atoms with Crippen LogP contribution in [0.3, 0.4) is 0 Å². The lowest BCUT2D eigenvalue weighted by Gasteiger charge is -2.03. The number of nitrogens with one attached hydrogen (secondary N) is 1. The molecule has 17 heavy (non-hydrogen) atoms. The number of amides is 1. The van der Waals surface area contributed by atoms with Crippen LogP contribution in [0.2, 0.25) is 0 Å². The summed E-state index contributed by atoms with van der Waals surface area (Å²) in [6.45, 7) is 0. The SMILES string of the molecule is Nc1ccc(NC(=O)c2ccc(F)cn2)nc1. The molecule has 0 spiro atoms. The second kappa shape index (κ2) is 4.56. The lowest BCUT2D eigenvalue weighted by molar-refractivity contribution is 0.102. The predicted molar refractivity (Wildman–Crippen MR) is 60.8 cm³/mol. The van der Waals surface area contributed by atoms with Crippen molar-refractivity contribution < 1.29 is 9.18 Å². The van der Waals surface area contributed by atoms with Gasteiger partial charge in [0.15, 0.2) is 0 Å². The summed E-state index contributed by atoms with van der Waals surface area (Å²) in [4.78, 5) is 19.2. The molecule has 0 saturated heterocycles. The number of anilines is 2. The van der Waals surface area contributed by atoms with E-state index in [0.29, 0.717) is 11.5 Å². The van der Waals surface area contributed by atoms with E-state index in [-0.39, 0.29) is 5.69 Å². The maximum absolute atomic E-state index is 12.6. The average Bonchev–Trinajstić information content (AvgIpc) is 2.33. The summed E-state index contributed by atoms with van der Waals surface area (Å²) in [5.74, 6) is -0.593. The Morgan fingerprint density at radius 3 is 2.59 bits per heavy atom. The first-order valence-electron chi connectivity index (χ1n) is 4.79. The van der Waals surface area contributed by atoms with E-state index in [1.165, 1.54) is 18.3 Å². The van der Waals surface area contributed by atoms with Crippen molar-refractivity contribution in [1.29, 1.82) is 0 Å². The fourth-order valence-electron chi connectivity index (χ4n) is 1.17. The van der Waals surface area contributed by atoms with Gasteiger partial charge in [0.05, 0.1) is 18.1 Å². The highest BCUT2D eigenvalue weighted by Crippen LogP contribution is 2.07. The van der Waals surface area contributed by atoms with Crippen molar-refractivity contribution in [3.63, 3.8) is 0 Å². The first-order valence-corrected chi connectivity index (χ1v) is 4.79. The van der Waals surface area contributed by atoms with E-state index in [0.717, 1.165) is 6.20 Å². The quantitative estimate of drug-likeness (QED) is 0.821. The smallest absolute Gasteiger partial charge is 0.275 e. The van der Waals surface area contributed by atoms with Crippen LogP contribution >= 0.6 is 0 Å². The predicted octanol–water partition coefficient (Wildman–Crippen LogP) is 1.45. The second-order valence-electron chi connectivity index (χ2n) is 3.29. The summed E-state index contributed by atoms with van der Waals surface area (Å²) in [5.41, 5.74) is 6.07. The minimum absolute atomic E-state index is 0.116. The summed E-state index contributed by atoms with van der Waals surface area (Å²) in [6, 6.07) is 5.64. The number of hydrogen-bond acceptors (Lipinski definition) is 4. The molecule has 0 saturated carbocycles. The van der Waals surface area contributed by atoms with Crippen LogP contribution in [0.5, 0.6) is 0 Å². The Labute approximate surface area is 96.5 Å². The van der Waals surface area contributed by atoms with Crippen LogP contribution in [-0.4, -0.2) is 15.9 Å². The molecule has 0 aromatic carbocycles. The van der Waals surface area contributed by atoms with Crippen molar-refractivity contribution in [2.75, 3.05) is 11.1 Å². The second-order valence-corrected chi connectivity index (χ2v) is 3.29. The number of halogens is 1. The summed E-state index contributed by atoms with van der Waals surface area (Å²) in [6.07, 6.45) is 2.40. The molecule has 5 nitrogen and oxygen atoms in total. The number of hydrogen-bond donors (Lipinski definition) is 2. The molecule has 0 atom stereocenters. The van der Waals surface area contributed by atoms with Crippen molar-refractivity contribution in [1.82, 2.24) is 9.97 Å². The topological polar surface area (TPSA) is 80.9 Å². The molecule has 1 amide bonds. The Morgan fingerprint density at radius 1 is 1.18 bits per heavy atom. The third kappa shape index (κ3) is 2.75. The number of nitrogens with zero attached hydrogens (tertiary/aromatic N) is 2. The molecule has 0 aliphatic heterocycles. The van der Waals surface area contributed by atoms with E-state index in [2.05, 4.69) is 15.3 Å². The van der Waals surface area contributed by atoms with Crippen molar-refractivity contribution in [2.45, 2.75) is 0 Å². The number of aromatic nitrogens is 2. The van der Waals surface area contributed by atoms with E-state index in [4.69, 9.17) is 5.73 Å². The van der Waals surface area contributed by atoms with Gasteiger partial charge in [-0.1, -0.05) is 0 Å².